The van der Waals surface area contributed by atoms with Crippen molar-refractivity contribution in [1.82, 2.24) is 0 Å². The zero-order valence-corrected chi connectivity index (χ0v) is 14.2. The predicted molar refractivity (Wildman–Crippen MR) is 88.2 cm³/mol. The van der Waals surface area contributed by atoms with Gasteiger partial charge in [0.05, 0.1) is 31.5 Å². The summed E-state index contributed by atoms with van der Waals surface area (Å²) in [5.41, 5.74) is 0. The number of benzene rings is 1. The summed E-state index contributed by atoms with van der Waals surface area (Å²) in [6, 6.07) is 9.75. The molecule has 0 aliphatic heterocycles. The van der Waals surface area contributed by atoms with Crippen LogP contribution < -0.4 is 4.74 Å². The van der Waals surface area contributed by atoms with Crippen LogP contribution in [0.5, 0.6) is 5.75 Å². The van der Waals surface area contributed by atoms with Gasteiger partial charge < -0.3 is 18.9 Å². The van der Waals surface area contributed by atoms with E-state index in [9.17, 15) is 0 Å². The Morgan fingerprint density at radius 2 is 1.36 bits per heavy atom. The van der Waals surface area contributed by atoms with Gasteiger partial charge in [-0.1, -0.05) is 25.1 Å². The first-order chi connectivity index (χ1) is 10.6. The zero-order valence-electron chi connectivity index (χ0n) is 14.2. The van der Waals surface area contributed by atoms with E-state index in [-0.39, 0.29) is 18.3 Å². The first-order valence-corrected chi connectivity index (χ1v) is 7.92. The third-order valence-corrected chi connectivity index (χ3v) is 3.01. The molecular weight excluding hydrogens is 280 g/mol. The van der Waals surface area contributed by atoms with Crippen molar-refractivity contribution in [2.75, 3.05) is 26.4 Å². The Morgan fingerprint density at radius 1 is 0.818 bits per heavy atom. The van der Waals surface area contributed by atoms with E-state index in [1.165, 1.54) is 0 Å². The molecule has 0 aliphatic carbocycles. The molecule has 0 amide bonds. The first-order valence-electron chi connectivity index (χ1n) is 7.92. The Kier molecular flexibility index (Phi) is 9.87. The normalized spacial score (nSPS) is 15.3. The Labute approximate surface area is 134 Å². The average Bonchev–Trinajstić information content (AvgIpc) is 2.55. The highest BCUT2D eigenvalue weighted by molar-refractivity contribution is 5.20. The molecule has 4 nitrogen and oxygen atoms in total. The molecule has 0 aliphatic rings. The molecule has 22 heavy (non-hydrogen) atoms. The third kappa shape index (κ3) is 9.03. The molecule has 1 aromatic rings. The number of para-hydroxylation sites is 1. The molecule has 0 aromatic heterocycles. The summed E-state index contributed by atoms with van der Waals surface area (Å²) >= 11 is 0. The van der Waals surface area contributed by atoms with Crippen molar-refractivity contribution in [2.24, 2.45) is 0 Å². The van der Waals surface area contributed by atoms with E-state index < -0.39 is 0 Å². The Bertz CT molecular complexity index is 369. The molecule has 0 spiro atoms. The monoisotopic (exact) mass is 309 g/mol. The molecule has 1 aromatic carbocycles. The first kappa shape index (κ1) is 18.9. The van der Waals surface area contributed by atoms with Crippen molar-refractivity contribution < 1.29 is 18.9 Å². The minimum absolute atomic E-state index is 0.0228. The molecule has 0 fully saturated rings. The fraction of sp³-hybridized carbons (Fsp3) is 0.611. The molecule has 3 unspecified atom stereocenters. The molecule has 1 rings (SSSR count). The van der Waals surface area contributed by atoms with Crippen LogP contribution in [0.2, 0.25) is 0 Å². The number of rotatable bonds is 12. The smallest absolute Gasteiger partial charge is 0.119 e. The highest BCUT2D eigenvalue weighted by Crippen LogP contribution is 2.09. The van der Waals surface area contributed by atoms with Gasteiger partial charge in [0, 0.05) is 6.61 Å². The number of hydrogen-bond acceptors (Lipinski definition) is 4. The highest BCUT2D eigenvalue weighted by atomic mass is 16.6. The predicted octanol–water partition coefficient (Wildman–Crippen LogP) is 3.50. The van der Waals surface area contributed by atoms with E-state index in [1.54, 1.807) is 0 Å². The maximum Gasteiger partial charge on any atom is 0.119 e. The minimum Gasteiger partial charge on any atom is -0.491 e. The summed E-state index contributed by atoms with van der Waals surface area (Å²) < 4.78 is 22.6. The Balaban J connectivity index is 2.08. The number of ether oxygens (including phenoxy) is 4. The molecule has 3 atom stereocenters. The van der Waals surface area contributed by atoms with Crippen molar-refractivity contribution in [3.63, 3.8) is 0 Å². The van der Waals surface area contributed by atoms with Crippen LogP contribution in [0.4, 0.5) is 0 Å². The van der Waals surface area contributed by atoms with Gasteiger partial charge in [-0.3, -0.25) is 0 Å². The molecule has 0 heterocycles. The van der Waals surface area contributed by atoms with Gasteiger partial charge in [0.1, 0.15) is 12.4 Å². The highest BCUT2D eigenvalue weighted by Gasteiger charge is 2.10. The van der Waals surface area contributed by atoms with Gasteiger partial charge >= 0.3 is 0 Å². The average molecular weight is 309 g/mol. The molecule has 0 saturated carbocycles. The second-order valence-corrected chi connectivity index (χ2v) is 5.46. The van der Waals surface area contributed by atoms with Gasteiger partial charge in [-0.05, 0) is 39.3 Å². The van der Waals surface area contributed by atoms with Crippen molar-refractivity contribution >= 4 is 0 Å². The lowest BCUT2D eigenvalue weighted by atomic mass is 10.3. The van der Waals surface area contributed by atoms with Gasteiger partial charge in [0.15, 0.2) is 0 Å². The quantitative estimate of drug-likeness (QED) is 0.592. The van der Waals surface area contributed by atoms with Gasteiger partial charge in [0.25, 0.3) is 0 Å². The van der Waals surface area contributed by atoms with Crippen LogP contribution in [-0.4, -0.2) is 44.7 Å². The fourth-order valence-corrected chi connectivity index (χ4v) is 1.73. The third-order valence-electron chi connectivity index (χ3n) is 3.01. The maximum atomic E-state index is 5.74. The molecule has 125 valence electrons. The molecular formula is C18H29O4. The summed E-state index contributed by atoms with van der Waals surface area (Å²) in [5.74, 6) is 0.862. The SMILES string of the molecule is C[CH]COC(C)COC(C)COC(C)COc1ccccc1. The molecule has 0 saturated heterocycles. The van der Waals surface area contributed by atoms with Crippen LogP contribution in [0.25, 0.3) is 0 Å². The van der Waals surface area contributed by atoms with E-state index in [2.05, 4.69) is 0 Å². The lowest BCUT2D eigenvalue weighted by Crippen LogP contribution is -2.27. The van der Waals surface area contributed by atoms with Crippen LogP contribution in [0, 0.1) is 6.42 Å². The van der Waals surface area contributed by atoms with Crippen LogP contribution in [0.1, 0.15) is 27.7 Å². The van der Waals surface area contributed by atoms with Crippen LogP contribution in [0.15, 0.2) is 30.3 Å². The topological polar surface area (TPSA) is 36.9 Å². The molecule has 0 bridgehead atoms. The van der Waals surface area contributed by atoms with Crippen molar-refractivity contribution in [3.8, 4) is 5.75 Å². The van der Waals surface area contributed by atoms with Gasteiger partial charge in [-0.25, -0.2) is 0 Å². The van der Waals surface area contributed by atoms with Crippen LogP contribution in [-0.2, 0) is 14.2 Å². The van der Waals surface area contributed by atoms with Gasteiger partial charge in [-0.15, -0.1) is 0 Å². The van der Waals surface area contributed by atoms with Crippen molar-refractivity contribution in [3.05, 3.63) is 36.8 Å². The van der Waals surface area contributed by atoms with Crippen LogP contribution >= 0.6 is 0 Å². The Hall–Kier alpha value is -1.10. The van der Waals surface area contributed by atoms with Gasteiger partial charge in [-0.2, -0.15) is 0 Å². The lowest BCUT2D eigenvalue weighted by Gasteiger charge is -2.20. The van der Waals surface area contributed by atoms with Crippen molar-refractivity contribution in [2.45, 2.75) is 46.0 Å². The van der Waals surface area contributed by atoms with Crippen LogP contribution in [0.3, 0.4) is 0 Å². The number of hydrogen-bond donors (Lipinski definition) is 0. The van der Waals surface area contributed by atoms with E-state index in [1.807, 2.05) is 64.4 Å². The van der Waals surface area contributed by atoms with E-state index in [0.717, 1.165) is 5.75 Å². The summed E-state index contributed by atoms with van der Waals surface area (Å²) in [6.45, 7) is 10.3. The van der Waals surface area contributed by atoms with E-state index >= 15 is 0 Å². The maximum absolute atomic E-state index is 5.74. The second kappa shape index (κ2) is 11.5. The summed E-state index contributed by atoms with van der Waals surface area (Å²) in [5, 5.41) is 0. The van der Waals surface area contributed by atoms with E-state index in [0.29, 0.717) is 26.4 Å². The minimum atomic E-state index is 0.0228. The molecule has 4 heteroatoms. The van der Waals surface area contributed by atoms with Gasteiger partial charge in [0.2, 0.25) is 0 Å². The summed E-state index contributed by atoms with van der Waals surface area (Å²) in [6.07, 6.45) is 2.14. The second-order valence-electron chi connectivity index (χ2n) is 5.46. The standard InChI is InChI=1S/C18H29O4/c1-5-11-19-15(2)12-20-16(3)13-21-17(4)14-22-18-9-7-6-8-10-18/h5-10,15-17H,11-14H2,1-4H3. The molecule has 0 N–H and O–H groups in total. The summed E-state index contributed by atoms with van der Waals surface area (Å²) in [4.78, 5) is 0. The largest absolute Gasteiger partial charge is 0.491 e. The summed E-state index contributed by atoms with van der Waals surface area (Å²) in [7, 11) is 0. The zero-order chi connectivity index (χ0) is 16.2. The van der Waals surface area contributed by atoms with E-state index in [4.69, 9.17) is 18.9 Å². The Morgan fingerprint density at radius 3 is 1.95 bits per heavy atom. The fourth-order valence-electron chi connectivity index (χ4n) is 1.73. The van der Waals surface area contributed by atoms with Crippen molar-refractivity contribution in [1.29, 1.82) is 0 Å². The molecule has 1 radical (unpaired) electrons. The lowest BCUT2D eigenvalue weighted by molar-refractivity contribution is -0.0705.